The zero-order chi connectivity index (χ0) is 15.4. The maximum Gasteiger partial charge on any atom is 0.120 e. The molecule has 3 unspecified atom stereocenters. The van der Waals surface area contributed by atoms with Crippen LogP contribution in [-0.4, -0.2) is 12.1 Å². The van der Waals surface area contributed by atoms with Gasteiger partial charge in [-0.1, -0.05) is 26.0 Å². The molecule has 2 rings (SSSR count). The maximum absolute atomic E-state index is 5.80. The molecule has 118 valence electrons. The summed E-state index contributed by atoms with van der Waals surface area (Å²) in [5.74, 6) is 2.66. The maximum atomic E-state index is 5.80. The molecule has 1 aliphatic carbocycles. The first-order valence-corrected chi connectivity index (χ1v) is 8.46. The molecule has 0 spiro atoms. The van der Waals surface area contributed by atoms with Crippen molar-refractivity contribution in [1.29, 1.82) is 0 Å². The van der Waals surface area contributed by atoms with Crippen LogP contribution in [0.2, 0.25) is 0 Å². The van der Waals surface area contributed by atoms with Gasteiger partial charge in [-0.2, -0.15) is 0 Å². The van der Waals surface area contributed by atoms with Crippen LogP contribution < -0.4 is 10.1 Å². The Balaban J connectivity index is 1.97. The van der Waals surface area contributed by atoms with Crippen LogP contribution in [0.1, 0.15) is 65.5 Å². The van der Waals surface area contributed by atoms with E-state index in [-0.39, 0.29) is 6.10 Å². The summed E-state index contributed by atoms with van der Waals surface area (Å²) >= 11 is 0. The van der Waals surface area contributed by atoms with E-state index in [9.17, 15) is 0 Å². The van der Waals surface area contributed by atoms with Gasteiger partial charge in [-0.15, -0.1) is 0 Å². The first-order valence-electron chi connectivity index (χ1n) is 8.46. The molecule has 2 nitrogen and oxygen atoms in total. The van der Waals surface area contributed by atoms with Crippen molar-refractivity contribution in [2.24, 2.45) is 11.8 Å². The molecule has 0 aliphatic heterocycles. The Kier molecular flexibility index (Phi) is 5.69. The van der Waals surface area contributed by atoms with Crippen molar-refractivity contribution in [1.82, 2.24) is 5.32 Å². The molecule has 1 N–H and O–H groups in total. The fourth-order valence-corrected chi connectivity index (χ4v) is 3.66. The van der Waals surface area contributed by atoms with Gasteiger partial charge in [-0.25, -0.2) is 0 Å². The van der Waals surface area contributed by atoms with Crippen LogP contribution in [-0.2, 0) is 0 Å². The average molecular weight is 289 g/mol. The van der Waals surface area contributed by atoms with Crippen LogP contribution in [0.5, 0.6) is 5.75 Å². The Labute approximate surface area is 130 Å². The van der Waals surface area contributed by atoms with Gasteiger partial charge in [0.2, 0.25) is 0 Å². The Hall–Kier alpha value is -1.02. The lowest BCUT2D eigenvalue weighted by molar-refractivity contribution is 0.227. The Bertz CT molecular complexity index is 433. The molecule has 0 bridgehead atoms. The molecule has 0 amide bonds. The van der Waals surface area contributed by atoms with Crippen LogP contribution in [0.15, 0.2) is 24.3 Å². The van der Waals surface area contributed by atoms with Crippen LogP contribution in [0.4, 0.5) is 0 Å². The van der Waals surface area contributed by atoms with E-state index >= 15 is 0 Å². The Morgan fingerprint density at radius 3 is 2.33 bits per heavy atom. The number of hydrogen-bond acceptors (Lipinski definition) is 2. The predicted octanol–water partition coefficient (Wildman–Crippen LogP) is 4.95. The topological polar surface area (TPSA) is 21.3 Å². The minimum atomic E-state index is 0.226. The first-order chi connectivity index (χ1) is 9.94. The lowest BCUT2D eigenvalue weighted by Gasteiger charge is -2.34. The molecule has 2 heteroatoms. The lowest BCUT2D eigenvalue weighted by atomic mass is 9.80. The molecular weight excluding hydrogens is 258 g/mol. The molecule has 1 aliphatic rings. The minimum absolute atomic E-state index is 0.226. The highest BCUT2D eigenvalue weighted by atomic mass is 16.5. The summed E-state index contributed by atoms with van der Waals surface area (Å²) in [5.41, 5.74) is 1.32. The molecule has 1 fully saturated rings. The summed E-state index contributed by atoms with van der Waals surface area (Å²) < 4.78 is 5.80. The van der Waals surface area contributed by atoms with Crippen molar-refractivity contribution in [2.45, 2.75) is 72.1 Å². The SMILES string of the molecule is CC1CC(C)CC(NC(C)c2cccc(OC(C)C)c2)C1. The molecule has 0 saturated heterocycles. The van der Waals surface area contributed by atoms with Gasteiger partial charge in [0.25, 0.3) is 0 Å². The van der Waals surface area contributed by atoms with Gasteiger partial charge in [-0.05, 0) is 69.6 Å². The Morgan fingerprint density at radius 1 is 1.05 bits per heavy atom. The van der Waals surface area contributed by atoms with Gasteiger partial charge < -0.3 is 10.1 Å². The van der Waals surface area contributed by atoms with Gasteiger partial charge in [0.1, 0.15) is 5.75 Å². The number of rotatable bonds is 5. The summed E-state index contributed by atoms with van der Waals surface area (Å²) in [5, 5.41) is 3.82. The highest BCUT2D eigenvalue weighted by Gasteiger charge is 2.25. The van der Waals surface area contributed by atoms with Crippen molar-refractivity contribution in [3.63, 3.8) is 0 Å². The standard InChI is InChI=1S/C19H31NO/c1-13(2)21-19-8-6-7-17(12-19)16(5)20-18-10-14(3)9-15(4)11-18/h6-8,12-16,18,20H,9-11H2,1-5H3. The highest BCUT2D eigenvalue weighted by Crippen LogP contribution is 2.30. The van der Waals surface area contributed by atoms with Crippen molar-refractivity contribution in [3.8, 4) is 5.75 Å². The van der Waals surface area contributed by atoms with E-state index in [0.29, 0.717) is 12.1 Å². The van der Waals surface area contributed by atoms with Gasteiger partial charge in [0.15, 0.2) is 0 Å². The number of ether oxygens (including phenoxy) is 1. The summed E-state index contributed by atoms with van der Waals surface area (Å²) in [6, 6.07) is 9.53. The second-order valence-corrected chi connectivity index (χ2v) is 7.24. The third kappa shape index (κ3) is 5.03. The summed E-state index contributed by atoms with van der Waals surface area (Å²) in [4.78, 5) is 0. The number of benzene rings is 1. The van der Waals surface area contributed by atoms with Crippen molar-refractivity contribution in [3.05, 3.63) is 29.8 Å². The van der Waals surface area contributed by atoms with E-state index in [1.165, 1.54) is 24.8 Å². The molecular formula is C19H31NO. The van der Waals surface area contributed by atoms with Crippen LogP contribution >= 0.6 is 0 Å². The molecule has 3 atom stereocenters. The third-order valence-corrected chi connectivity index (χ3v) is 4.39. The molecule has 0 aromatic heterocycles. The van der Waals surface area contributed by atoms with Gasteiger partial charge in [0.05, 0.1) is 6.10 Å². The number of hydrogen-bond donors (Lipinski definition) is 1. The second-order valence-electron chi connectivity index (χ2n) is 7.24. The zero-order valence-corrected chi connectivity index (χ0v) is 14.2. The first kappa shape index (κ1) is 16.4. The molecule has 1 saturated carbocycles. The average Bonchev–Trinajstić information content (AvgIpc) is 2.36. The van der Waals surface area contributed by atoms with Crippen molar-refractivity contribution >= 4 is 0 Å². The van der Waals surface area contributed by atoms with E-state index in [0.717, 1.165) is 17.6 Å². The van der Waals surface area contributed by atoms with E-state index < -0.39 is 0 Å². The van der Waals surface area contributed by atoms with Crippen LogP contribution in [0.3, 0.4) is 0 Å². The van der Waals surface area contributed by atoms with Crippen LogP contribution in [0.25, 0.3) is 0 Å². The van der Waals surface area contributed by atoms with Gasteiger partial charge >= 0.3 is 0 Å². The summed E-state index contributed by atoms with van der Waals surface area (Å²) in [6.07, 6.45) is 4.21. The van der Waals surface area contributed by atoms with Crippen molar-refractivity contribution in [2.75, 3.05) is 0 Å². The monoisotopic (exact) mass is 289 g/mol. The summed E-state index contributed by atoms with van der Waals surface area (Å²) in [6.45, 7) is 11.2. The highest BCUT2D eigenvalue weighted by molar-refractivity contribution is 5.30. The van der Waals surface area contributed by atoms with E-state index in [1.807, 2.05) is 6.07 Å². The predicted molar refractivity (Wildman–Crippen MR) is 89.7 cm³/mol. The van der Waals surface area contributed by atoms with E-state index in [1.54, 1.807) is 0 Å². The third-order valence-electron chi connectivity index (χ3n) is 4.39. The molecule has 0 heterocycles. The minimum Gasteiger partial charge on any atom is -0.491 e. The summed E-state index contributed by atoms with van der Waals surface area (Å²) in [7, 11) is 0. The number of nitrogens with one attached hydrogen (secondary N) is 1. The largest absolute Gasteiger partial charge is 0.491 e. The van der Waals surface area contributed by atoms with Crippen molar-refractivity contribution < 1.29 is 4.74 Å². The quantitative estimate of drug-likeness (QED) is 0.828. The van der Waals surface area contributed by atoms with E-state index in [4.69, 9.17) is 4.74 Å². The molecule has 1 aromatic carbocycles. The lowest BCUT2D eigenvalue weighted by Crippen LogP contribution is -2.37. The molecule has 1 aromatic rings. The van der Waals surface area contributed by atoms with Gasteiger partial charge in [-0.3, -0.25) is 0 Å². The van der Waals surface area contributed by atoms with E-state index in [2.05, 4.69) is 58.1 Å². The zero-order valence-electron chi connectivity index (χ0n) is 14.2. The second kappa shape index (κ2) is 7.31. The molecule has 0 radical (unpaired) electrons. The normalized spacial score (nSPS) is 27.6. The fraction of sp³-hybridized carbons (Fsp3) is 0.684. The Morgan fingerprint density at radius 2 is 1.71 bits per heavy atom. The van der Waals surface area contributed by atoms with Crippen LogP contribution in [0, 0.1) is 11.8 Å². The smallest absolute Gasteiger partial charge is 0.120 e. The molecule has 21 heavy (non-hydrogen) atoms. The van der Waals surface area contributed by atoms with Gasteiger partial charge in [0, 0.05) is 12.1 Å². The fourth-order valence-electron chi connectivity index (χ4n) is 3.66.